The first kappa shape index (κ1) is 14.2. The molecule has 1 heterocycles. The number of hydrogen-bond donors (Lipinski definition) is 1. The Morgan fingerprint density at radius 2 is 2.24 bits per heavy atom. The molecule has 0 bridgehead atoms. The van der Waals surface area contributed by atoms with Crippen LogP contribution >= 0.6 is 0 Å². The SMILES string of the molecule is CCCn1cncc1CNC(COC)C(C)C. The van der Waals surface area contributed by atoms with Gasteiger partial charge in [0.05, 0.1) is 18.6 Å². The number of aryl methyl sites for hydroxylation is 1. The highest BCUT2D eigenvalue weighted by molar-refractivity contribution is 4.98. The van der Waals surface area contributed by atoms with E-state index in [2.05, 4.69) is 35.6 Å². The number of ether oxygens (including phenoxy) is 1. The number of rotatable bonds is 8. The van der Waals surface area contributed by atoms with Crippen molar-refractivity contribution in [2.75, 3.05) is 13.7 Å². The van der Waals surface area contributed by atoms with Gasteiger partial charge in [-0.05, 0) is 12.3 Å². The average Bonchev–Trinajstić information content (AvgIpc) is 2.72. The molecule has 98 valence electrons. The summed E-state index contributed by atoms with van der Waals surface area (Å²) >= 11 is 0. The van der Waals surface area contributed by atoms with E-state index in [4.69, 9.17) is 4.74 Å². The van der Waals surface area contributed by atoms with Gasteiger partial charge < -0.3 is 14.6 Å². The molecule has 0 saturated carbocycles. The number of hydrogen-bond acceptors (Lipinski definition) is 3. The lowest BCUT2D eigenvalue weighted by Gasteiger charge is -2.21. The molecule has 17 heavy (non-hydrogen) atoms. The lowest BCUT2D eigenvalue weighted by atomic mass is 10.1. The maximum Gasteiger partial charge on any atom is 0.0948 e. The van der Waals surface area contributed by atoms with Crippen LogP contribution in [-0.2, 0) is 17.8 Å². The molecule has 0 aromatic carbocycles. The Hall–Kier alpha value is -0.870. The van der Waals surface area contributed by atoms with Gasteiger partial charge in [0.15, 0.2) is 0 Å². The minimum Gasteiger partial charge on any atom is -0.383 e. The van der Waals surface area contributed by atoms with Crippen LogP contribution in [0.25, 0.3) is 0 Å². The lowest BCUT2D eigenvalue weighted by Crippen LogP contribution is -2.37. The summed E-state index contributed by atoms with van der Waals surface area (Å²) < 4.78 is 7.43. The molecule has 0 amide bonds. The second kappa shape index (κ2) is 7.45. The third-order valence-electron chi connectivity index (χ3n) is 2.96. The Morgan fingerprint density at radius 3 is 2.82 bits per heavy atom. The molecular formula is C13H25N3O. The van der Waals surface area contributed by atoms with Gasteiger partial charge in [-0.15, -0.1) is 0 Å². The van der Waals surface area contributed by atoms with Crippen LogP contribution < -0.4 is 5.32 Å². The van der Waals surface area contributed by atoms with E-state index in [1.165, 1.54) is 5.69 Å². The number of nitrogens with one attached hydrogen (secondary N) is 1. The van der Waals surface area contributed by atoms with Crippen LogP contribution in [0.4, 0.5) is 0 Å². The van der Waals surface area contributed by atoms with Crippen LogP contribution in [0.15, 0.2) is 12.5 Å². The summed E-state index contributed by atoms with van der Waals surface area (Å²) in [5.74, 6) is 0.567. The Labute approximate surface area is 104 Å². The minimum absolute atomic E-state index is 0.393. The van der Waals surface area contributed by atoms with Crippen LogP contribution in [0.1, 0.15) is 32.9 Å². The molecule has 0 radical (unpaired) electrons. The minimum atomic E-state index is 0.393. The highest BCUT2D eigenvalue weighted by Gasteiger charge is 2.13. The van der Waals surface area contributed by atoms with Gasteiger partial charge in [0.2, 0.25) is 0 Å². The zero-order valence-corrected chi connectivity index (χ0v) is 11.4. The van der Waals surface area contributed by atoms with Gasteiger partial charge in [0.25, 0.3) is 0 Å². The summed E-state index contributed by atoms with van der Waals surface area (Å²) in [4.78, 5) is 4.20. The van der Waals surface area contributed by atoms with Crippen molar-refractivity contribution in [1.82, 2.24) is 14.9 Å². The Balaban J connectivity index is 2.49. The normalized spacial score (nSPS) is 13.2. The highest BCUT2D eigenvalue weighted by Crippen LogP contribution is 2.05. The zero-order chi connectivity index (χ0) is 12.7. The fraction of sp³-hybridized carbons (Fsp3) is 0.769. The molecule has 1 rings (SSSR count). The average molecular weight is 239 g/mol. The third kappa shape index (κ3) is 4.48. The molecule has 0 aliphatic heterocycles. The largest absolute Gasteiger partial charge is 0.383 e. The van der Waals surface area contributed by atoms with E-state index in [9.17, 15) is 0 Å². The molecule has 1 aromatic heterocycles. The molecule has 1 N–H and O–H groups in total. The fourth-order valence-electron chi connectivity index (χ4n) is 1.84. The predicted octanol–water partition coefficient (Wildman–Crippen LogP) is 2.05. The van der Waals surface area contributed by atoms with Crippen molar-refractivity contribution in [3.8, 4) is 0 Å². The Bertz CT molecular complexity index is 309. The van der Waals surface area contributed by atoms with Gasteiger partial charge in [0.1, 0.15) is 0 Å². The predicted molar refractivity (Wildman–Crippen MR) is 69.9 cm³/mol. The van der Waals surface area contributed by atoms with Gasteiger partial charge in [-0.1, -0.05) is 20.8 Å². The Kier molecular flexibility index (Phi) is 6.22. The number of aromatic nitrogens is 2. The smallest absolute Gasteiger partial charge is 0.0948 e. The molecule has 0 saturated heterocycles. The molecule has 0 spiro atoms. The standard InChI is InChI=1S/C13H25N3O/c1-5-6-16-10-14-7-12(16)8-15-13(9-17-4)11(2)3/h7,10-11,13,15H,5-6,8-9H2,1-4H3. The van der Waals surface area contributed by atoms with E-state index in [0.29, 0.717) is 12.0 Å². The Morgan fingerprint density at radius 1 is 1.47 bits per heavy atom. The van der Waals surface area contributed by atoms with Crippen LogP contribution in [-0.4, -0.2) is 29.3 Å². The summed E-state index contributed by atoms with van der Waals surface area (Å²) in [6, 6.07) is 0.393. The summed E-state index contributed by atoms with van der Waals surface area (Å²) in [5.41, 5.74) is 1.24. The number of imidazole rings is 1. The second-order valence-corrected chi connectivity index (χ2v) is 4.77. The first-order valence-corrected chi connectivity index (χ1v) is 6.40. The van der Waals surface area contributed by atoms with Crippen molar-refractivity contribution in [2.45, 2.75) is 46.3 Å². The maximum atomic E-state index is 5.23. The van der Waals surface area contributed by atoms with Gasteiger partial charge in [-0.2, -0.15) is 0 Å². The van der Waals surface area contributed by atoms with E-state index < -0.39 is 0 Å². The molecule has 0 aliphatic rings. The summed E-state index contributed by atoms with van der Waals surface area (Å²) in [6.45, 7) is 9.23. The van der Waals surface area contributed by atoms with Gasteiger partial charge in [0, 0.05) is 32.4 Å². The maximum absolute atomic E-state index is 5.23. The quantitative estimate of drug-likeness (QED) is 0.754. The first-order chi connectivity index (χ1) is 8.19. The van der Waals surface area contributed by atoms with E-state index in [-0.39, 0.29) is 0 Å². The summed E-state index contributed by atoms with van der Waals surface area (Å²) in [7, 11) is 1.75. The summed E-state index contributed by atoms with van der Waals surface area (Å²) in [5, 5.41) is 3.54. The molecule has 0 aliphatic carbocycles. The van der Waals surface area contributed by atoms with Crippen LogP contribution in [0, 0.1) is 5.92 Å². The fourth-order valence-corrected chi connectivity index (χ4v) is 1.84. The van der Waals surface area contributed by atoms with Crippen LogP contribution in [0.5, 0.6) is 0 Å². The van der Waals surface area contributed by atoms with E-state index >= 15 is 0 Å². The second-order valence-electron chi connectivity index (χ2n) is 4.77. The molecule has 1 atom stereocenters. The van der Waals surface area contributed by atoms with E-state index in [1.54, 1.807) is 7.11 Å². The summed E-state index contributed by atoms with van der Waals surface area (Å²) in [6.07, 6.45) is 4.98. The molecule has 0 fully saturated rings. The monoisotopic (exact) mass is 239 g/mol. The van der Waals surface area contributed by atoms with Crippen molar-refractivity contribution >= 4 is 0 Å². The van der Waals surface area contributed by atoms with Crippen molar-refractivity contribution in [3.05, 3.63) is 18.2 Å². The van der Waals surface area contributed by atoms with Crippen molar-refractivity contribution in [3.63, 3.8) is 0 Å². The van der Waals surface area contributed by atoms with Crippen LogP contribution in [0.2, 0.25) is 0 Å². The number of methoxy groups -OCH3 is 1. The van der Waals surface area contributed by atoms with Crippen molar-refractivity contribution in [2.24, 2.45) is 5.92 Å². The van der Waals surface area contributed by atoms with Crippen molar-refractivity contribution < 1.29 is 4.74 Å². The molecule has 1 aromatic rings. The van der Waals surface area contributed by atoms with Gasteiger partial charge >= 0.3 is 0 Å². The van der Waals surface area contributed by atoms with Crippen molar-refractivity contribution in [1.29, 1.82) is 0 Å². The van der Waals surface area contributed by atoms with E-state index in [0.717, 1.165) is 26.1 Å². The van der Waals surface area contributed by atoms with Crippen LogP contribution in [0.3, 0.4) is 0 Å². The third-order valence-corrected chi connectivity index (χ3v) is 2.96. The molecule has 4 heteroatoms. The molecular weight excluding hydrogens is 214 g/mol. The highest BCUT2D eigenvalue weighted by atomic mass is 16.5. The van der Waals surface area contributed by atoms with Gasteiger partial charge in [-0.25, -0.2) is 4.98 Å². The van der Waals surface area contributed by atoms with Gasteiger partial charge in [-0.3, -0.25) is 0 Å². The topological polar surface area (TPSA) is 39.1 Å². The molecule has 1 unspecified atom stereocenters. The van der Waals surface area contributed by atoms with E-state index in [1.807, 2.05) is 12.5 Å². The molecule has 4 nitrogen and oxygen atoms in total. The first-order valence-electron chi connectivity index (χ1n) is 6.40. The zero-order valence-electron chi connectivity index (χ0n) is 11.4. The lowest BCUT2D eigenvalue weighted by molar-refractivity contribution is 0.146. The number of nitrogens with zero attached hydrogens (tertiary/aromatic N) is 2.